The molecule has 0 spiro atoms. The van der Waals surface area contributed by atoms with E-state index in [1.54, 1.807) is 24.1 Å². The molecule has 1 aromatic heterocycles. The van der Waals surface area contributed by atoms with Gasteiger partial charge >= 0.3 is 12.4 Å². The van der Waals surface area contributed by atoms with Crippen molar-refractivity contribution in [2.75, 3.05) is 18.5 Å². The summed E-state index contributed by atoms with van der Waals surface area (Å²) >= 11 is 0. The molecule has 1 heterocycles. The van der Waals surface area contributed by atoms with Gasteiger partial charge in [-0.05, 0) is 61.9 Å². The van der Waals surface area contributed by atoms with Crippen molar-refractivity contribution in [2.45, 2.75) is 44.1 Å². The molecule has 2 aromatic rings. The average molecular weight is 477 g/mol. The van der Waals surface area contributed by atoms with Crippen LogP contribution < -0.4 is 10.2 Å². The van der Waals surface area contributed by atoms with Gasteiger partial charge in [-0.25, -0.2) is 4.98 Å². The van der Waals surface area contributed by atoms with E-state index in [9.17, 15) is 35.5 Å². The van der Waals surface area contributed by atoms with E-state index >= 15 is 0 Å². The highest BCUT2D eigenvalue weighted by Gasteiger charge is 2.37. The molecule has 1 aliphatic rings. The molecule has 0 radical (unpaired) electrons. The van der Waals surface area contributed by atoms with Gasteiger partial charge in [-0.1, -0.05) is 0 Å². The Labute approximate surface area is 185 Å². The van der Waals surface area contributed by atoms with Gasteiger partial charge in [0.05, 0.1) is 16.8 Å². The molecule has 4 nitrogen and oxygen atoms in total. The van der Waals surface area contributed by atoms with Crippen LogP contribution in [0, 0.1) is 11.9 Å². The number of halogens is 7. The summed E-state index contributed by atoms with van der Waals surface area (Å²) in [5, 5.41) is 2.45. The smallest absolute Gasteiger partial charge is 0.368 e. The number of amides is 1. The monoisotopic (exact) mass is 477 g/mol. The van der Waals surface area contributed by atoms with Gasteiger partial charge in [-0.15, -0.1) is 0 Å². The number of anilines is 1. The SMILES string of the molecule is CN(c1cccnc1F)[C@H]1CC[C@H](CNC(=O)c2cc(C(F)(F)F)cc(C(F)(F)F)c2)CC1. The summed E-state index contributed by atoms with van der Waals surface area (Å²) < 4.78 is 91.9. The lowest BCUT2D eigenvalue weighted by Crippen LogP contribution is -2.38. The van der Waals surface area contributed by atoms with Crippen LogP contribution in [0.3, 0.4) is 0 Å². The van der Waals surface area contributed by atoms with Crippen molar-refractivity contribution < 1.29 is 35.5 Å². The number of carbonyl (C=O) groups is 1. The van der Waals surface area contributed by atoms with Gasteiger partial charge in [0.2, 0.25) is 5.95 Å². The van der Waals surface area contributed by atoms with E-state index in [0.29, 0.717) is 43.5 Å². The van der Waals surface area contributed by atoms with Crippen molar-refractivity contribution in [3.8, 4) is 0 Å². The zero-order valence-electron chi connectivity index (χ0n) is 17.6. The summed E-state index contributed by atoms with van der Waals surface area (Å²) in [6, 6.07) is 4.12. The first-order chi connectivity index (χ1) is 15.4. The molecule has 3 rings (SSSR count). The summed E-state index contributed by atoms with van der Waals surface area (Å²) in [7, 11) is 1.76. The topological polar surface area (TPSA) is 45.2 Å². The fraction of sp³-hybridized carbons (Fsp3) is 0.455. The Morgan fingerprint density at radius 3 is 2.12 bits per heavy atom. The molecule has 1 fully saturated rings. The Bertz CT molecular complexity index is 950. The van der Waals surface area contributed by atoms with Crippen LogP contribution in [0.25, 0.3) is 0 Å². The van der Waals surface area contributed by atoms with Crippen LogP contribution in [0.4, 0.5) is 36.4 Å². The lowest BCUT2D eigenvalue weighted by Gasteiger charge is -2.36. The number of pyridine rings is 1. The van der Waals surface area contributed by atoms with Gasteiger partial charge in [0, 0.05) is 31.4 Å². The fourth-order valence-electron chi connectivity index (χ4n) is 4.00. The van der Waals surface area contributed by atoms with Crippen LogP contribution >= 0.6 is 0 Å². The number of alkyl halides is 6. The van der Waals surface area contributed by atoms with Crippen LogP contribution in [0.2, 0.25) is 0 Å². The standard InChI is InChI=1S/C22H22F7N3O/c1-32(18-3-2-8-30-19(18)23)17-6-4-13(5-7-17)12-31-20(33)14-9-15(21(24,25)26)11-16(10-14)22(27,28)29/h2-3,8-11,13,17H,4-7,12H2,1H3,(H,31,33)/t13-,17-. The van der Waals surface area contributed by atoms with Gasteiger partial charge in [0.1, 0.15) is 0 Å². The number of hydrogen-bond donors (Lipinski definition) is 1. The second kappa shape index (κ2) is 9.56. The highest BCUT2D eigenvalue weighted by atomic mass is 19.4. The molecule has 0 bridgehead atoms. The molecule has 33 heavy (non-hydrogen) atoms. The summed E-state index contributed by atoms with van der Waals surface area (Å²) in [6.07, 6.45) is -5.99. The number of carbonyl (C=O) groups excluding carboxylic acids is 1. The average Bonchev–Trinajstić information content (AvgIpc) is 2.76. The summed E-state index contributed by atoms with van der Waals surface area (Å²) in [6.45, 7) is 0.119. The van der Waals surface area contributed by atoms with Crippen LogP contribution in [-0.2, 0) is 12.4 Å². The molecule has 1 saturated carbocycles. The highest BCUT2D eigenvalue weighted by Crippen LogP contribution is 2.36. The maximum absolute atomic E-state index is 13.9. The normalized spacial score (nSPS) is 19.3. The molecule has 11 heteroatoms. The molecule has 0 saturated heterocycles. The highest BCUT2D eigenvalue weighted by molar-refractivity contribution is 5.94. The predicted octanol–water partition coefficient (Wildman–Crippen LogP) is 5.68. The van der Waals surface area contributed by atoms with Crippen molar-refractivity contribution in [1.29, 1.82) is 0 Å². The molecule has 0 atom stereocenters. The fourth-order valence-corrected chi connectivity index (χ4v) is 4.00. The van der Waals surface area contributed by atoms with Crippen LogP contribution in [0.5, 0.6) is 0 Å². The van der Waals surface area contributed by atoms with E-state index in [4.69, 9.17) is 0 Å². The van der Waals surface area contributed by atoms with Crippen molar-refractivity contribution in [2.24, 2.45) is 5.92 Å². The molecule has 1 amide bonds. The number of benzene rings is 1. The van der Waals surface area contributed by atoms with Crippen molar-refractivity contribution in [1.82, 2.24) is 10.3 Å². The lowest BCUT2D eigenvalue weighted by molar-refractivity contribution is -0.143. The Morgan fingerprint density at radius 1 is 1.03 bits per heavy atom. The summed E-state index contributed by atoms with van der Waals surface area (Å²) in [4.78, 5) is 17.8. The maximum Gasteiger partial charge on any atom is 0.416 e. The minimum absolute atomic E-state index is 0.00484. The third-order valence-corrected chi connectivity index (χ3v) is 5.88. The van der Waals surface area contributed by atoms with Crippen molar-refractivity contribution in [3.05, 3.63) is 59.2 Å². The number of rotatable bonds is 5. The molecule has 180 valence electrons. The lowest BCUT2D eigenvalue weighted by atomic mass is 9.85. The molecule has 1 aromatic carbocycles. The minimum atomic E-state index is -5.02. The summed E-state index contributed by atoms with van der Waals surface area (Å²) in [5.41, 5.74) is -3.39. The second-order valence-electron chi connectivity index (χ2n) is 8.10. The van der Waals surface area contributed by atoms with Crippen LogP contribution in [-0.4, -0.2) is 30.5 Å². The quantitative estimate of drug-likeness (QED) is 0.445. The number of nitrogens with zero attached hydrogens (tertiary/aromatic N) is 2. The number of hydrogen-bond acceptors (Lipinski definition) is 3. The van der Waals surface area contributed by atoms with Gasteiger partial charge in [0.25, 0.3) is 5.91 Å². The molecule has 0 aliphatic heterocycles. The Balaban J connectivity index is 1.60. The zero-order chi connectivity index (χ0) is 24.4. The van der Waals surface area contributed by atoms with Gasteiger partial charge in [0.15, 0.2) is 0 Å². The third-order valence-electron chi connectivity index (χ3n) is 5.88. The number of aromatic nitrogens is 1. The Morgan fingerprint density at radius 2 is 1.61 bits per heavy atom. The zero-order valence-corrected chi connectivity index (χ0v) is 17.6. The van der Waals surface area contributed by atoms with Crippen LogP contribution in [0.15, 0.2) is 36.5 Å². The van der Waals surface area contributed by atoms with Gasteiger partial charge in [-0.2, -0.15) is 30.7 Å². The van der Waals surface area contributed by atoms with Crippen molar-refractivity contribution in [3.63, 3.8) is 0 Å². The van der Waals surface area contributed by atoms with E-state index in [-0.39, 0.29) is 24.6 Å². The van der Waals surface area contributed by atoms with E-state index in [0.717, 1.165) is 0 Å². The molecular formula is C22H22F7N3O. The molecular weight excluding hydrogens is 455 g/mol. The first-order valence-electron chi connectivity index (χ1n) is 10.3. The Kier molecular flexibility index (Phi) is 7.18. The van der Waals surface area contributed by atoms with E-state index in [1.807, 2.05) is 0 Å². The second-order valence-corrected chi connectivity index (χ2v) is 8.10. The van der Waals surface area contributed by atoms with Crippen LogP contribution in [0.1, 0.15) is 47.2 Å². The molecule has 1 N–H and O–H groups in total. The molecule has 1 aliphatic carbocycles. The largest absolute Gasteiger partial charge is 0.416 e. The van der Waals surface area contributed by atoms with Gasteiger partial charge in [-0.3, -0.25) is 4.79 Å². The number of nitrogens with one attached hydrogen (secondary N) is 1. The third kappa shape index (κ3) is 6.14. The first-order valence-corrected chi connectivity index (χ1v) is 10.3. The van der Waals surface area contributed by atoms with Gasteiger partial charge < -0.3 is 10.2 Å². The van der Waals surface area contributed by atoms with E-state index < -0.39 is 40.9 Å². The summed E-state index contributed by atoms with van der Waals surface area (Å²) in [5.74, 6) is -1.57. The first kappa shape index (κ1) is 24.8. The minimum Gasteiger partial charge on any atom is -0.368 e. The predicted molar refractivity (Wildman–Crippen MR) is 107 cm³/mol. The Hall–Kier alpha value is -2.85. The van der Waals surface area contributed by atoms with Crippen molar-refractivity contribution >= 4 is 11.6 Å². The van der Waals surface area contributed by atoms with E-state index in [2.05, 4.69) is 10.3 Å². The molecule has 0 unspecified atom stereocenters. The van der Waals surface area contributed by atoms with E-state index in [1.165, 1.54) is 6.20 Å². The maximum atomic E-state index is 13.9.